The summed E-state index contributed by atoms with van der Waals surface area (Å²) in [5, 5.41) is 22.8. The van der Waals surface area contributed by atoms with E-state index in [2.05, 4.69) is 20.4 Å². The van der Waals surface area contributed by atoms with Gasteiger partial charge in [0.2, 0.25) is 11.7 Å². The molecule has 4 rings (SSSR count). The largest absolute Gasteiger partial charge is 0.355 e. The molecule has 1 aromatic heterocycles. The van der Waals surface area contributed by atoms with Crippen molar-refractivity contribution >= 4 is 34.7 Å². The second kappa shape index (κ2) is 9.27. The van der Waals surface area contributed by atoms with Crippen LogP contribution in [0.25, 0.3) is 11.3 Å². The number of carbonyl (C=O) groups is 1. The Morgan fingerprint density at radius 1 is 1.09 bits per heavy atom. The van der Waals surface area contributed by atoms with Crippen LogP contribution < -0.4 is 10.2 Å². The van der Waals surface area contributed by atoms with Gasteiger partial charge in [-0.25, -0.2) is 0 Å². The van der Waals surface area contributed by atoms with Gasteiger partial charge in [-0.15, -0.1) is 10.2 Å². The van der Waals surface area contributed by atoms with Crippen molar-refractivity contribution in [1.29, 1.82) is 0 Å². The molecule has 0 radical (unpaired) electrons. The van der Waals surface area contributed by atoms with E-state index in [1.54, 1.807) is 12.1 Å². The molecule has 1 amide bonds. The van der Waals surface area contributed by atoms with Crippen molar-refractivity contribution in [2.45, 2.75) is 12.8 Å². The molecule has 164 valence electrons. The van der Waals surface area contributed by atoms with E-state index in [0.717, 1.165) is 29.2 Å². The predicted octanol–water partition coefficient (Wildman–Crippen LogP) is 4.70. The van der Waals surface area contributed by atoms with Crippen molar-refractivity contribution in [3.05, 3.63) is 75.6 Å². The van der Waals surface area contributed by atoms with E-state index in [1.165, 1.54) is 6.07 Å². The van der Waals surface area contributed by atoms with Crippen LogP contribution in [0, 0.1) is 21.8 Å². The standard InChI is InChI=1S/C22H19ClFN5O3/c23-16-3-1-14(2-4-16)19-7-8-21(27-26-19)28-11-9-15(10-12-28)22(30)25-17-5-6-18(24)20(13-17)29(31)32/h1-8,13,15H,9-12H2,(H,25,30). The molecule has 1 aliphatic rings. The highest BCUT2D eigenvalue weighted by atomic mass is 35.5. The van der Waals surface area contributed by atoms with E-state index in [1.807, 2.05) is 24.3 Å². The van der Waals surface area contributed by atoms with E-state index >= 15 is 0 Å². The first-order valence-corrected chi connectivity index (χ1v) is 10.4. The van der Waals surface area contributed by atoms with E-state index in [-0.39, 0.29) is 17.5 Å². The lowest BCUT2D eigenvalue weighted by Crippen LogP contribution is -2.38. The minimum absolute atomic E-state index is 0.203. The summed E-state index contributed by atoms with van der Waals surface area (Å²) < 4.78 is 13.5. The summed E-state index contributed by atoms with van der Waals surface area (Å²) in [6.45, 7) is 1.24. The summed E-state index contributed by atoms with van der Waals surface area (Å²) in [5.41, 5.74) is 1.20. The van der Waals surface area contributed by atoms with Gasteiger partial charge >= 0.3 is 5.69 Å². The highest BCUT2D eigenvalue weighted by molar-refractivity contribution is 6.30. The minimum Gasteiger partial charge on any atom is -0.355 e. The zero-order valence-corrected chi connectivity index (χ0v) is 17.6. The van der Waals surface area contributed by atoms with E-state index in [0.29, 0.717) is 31.0 Å². The fraction of sp³-hybridized carbons (Fsp3) is 0.227. The minimum atomic E-state index is -0.940. The van der Waals surface area contributed by atoms with Gasteiger partial charge in [0.1, 0.15) is 0 Å². The average molecular weight is 456 g/mol. The molecule has 1 aliphatic heterocycles. The number of hydrogen-bond donors (Lipinski definition) is 1. The number of amides is 1. The zero-order chi connectivity index (χ0) is 22.7. The predicted molar refractivity (Wildman–Crippen MR) is 119 cm³/mol. The Balaban J connectivity index is 1.34. The van der Waals surface area contributed by atoms with Gasteiger partial charge in [-0.3, -0.25) is 14.9 Å². The number of benzene rings is 2. The molecule has 1 saturated heterocycles. The molecule has 0 aliphatic carbocycles. The topological polar surface area (TPSA) is 101 Å². The van der Waals surface area contributed by atoms with Gasteiger partial charge in [0.05, 0.1) is 10.6 Å². The van der Waals surface area contributed by atoms with Crippen molar-refractivity contribution in [2.24, 2.45) is 5.92 Å². The smallest absolute Gasteiger partial charge is 0.306 e. The van der Waals surface area contributed by atoms with Crippen LogP contribution >= 0.6 is 11.6 Å². The van der Waals surface area contributed by atoms with E-state index in [9.17, 15) is 19.3 Å². The van der Waals surface area contributed by atoms with Crippen LogP contribution in [0.2, 0.25) is 5.02 Å². The summed E-state index contributed by atoms with van der Waals surface area (Å²) >= 11 is 5.92. The molecule has 10 heteroatoms. The van der Waals surface area contributed by atoms with Gasteiger partial charge in [0, 0.05) is 41.3 Å². The number of aromatic nitrogens is 2. The van der Waals surface area contributed by atoms with Crippen molar-refractivity contribution in [1.82, 2.24) is 10.2 Å². The molecule has 0 unspecified atom stereocenters. The number of piperidine rings is 1. The number of nitro groups is 1. The molecule has 0 bridgehead atoms. The lowest BCUT2D eigenvalue weighted by Gasteiger charge is -2.31. The number of nitrogens with one attached hydrogen (secondary N) is 1. The molecule has 3 aromatic rings. The maximum atomic E-state index is 13.5. The Hall–Kier alpha value is -3.59. The Bertz CT molecular complexity index is 1130. The van der Waals surface area contributed by atoms with Crippen LogP contribution in [0.4, 0.5) is 21.6 Å². The summed E-state index contributed by atoms with van der Waals surface area (Å²) in [6.07, 6.45) is 1.19. The summed E-state index contributed by atoms with van der Waals surface area (Å²) in [4.78, 5) is 24.7. The average Bonchev–Trinajstić information content (AvgIpc) is 2.81. The van der Waals surface area contributed by atoms with Crippen molar-refractivity contribution < 1.29 is 14.1 Å². The number of rotatable bonds is 5. The Labute approximate surface area is 188 Å². The van der Waals surface area contributed by atoms with Crippen molar-refractivity contribution in [3.63, 3.8) is 0 Å². The molecular formula is C22H19ClFN5O3. The normalized spacial score (nSPS) is 14.2. The Morgan fingerprint density at radius 2 is 1.81 bits per heavy atom. The van der Waals surface area contributed by atoms with Crippen LogP contribution in [0.3, 0.4) is 0 Å². The number of halogens is 2. The molecule has 0 saturated carbocycles. The van der Waals surface area contributed by atoms with E-state index in [4.69, 9.17) is 11.6 Å². The number of anilines is 2. The van der Waals surface area contributed by atoms with Gasteiger partial charge in [-0.05, 0) is 49.2 Å². The Kier molecular flexibility index (Phi) is 6.27. The third kappa shape index (κ3) is 4.83. The second-order valence-corrected chi connectivity index (χ2v) is 7.89. The fourth-order valence-corrected chi connectivity index (χ4v) is 3.74. The summed E-state index contributed by atoms with van der Waals surface area (Å²) in [6, 6.07) is 14.5. The lowest BCUT2D eigenvalue weighted by molar-refractivity contribution is -0.387. The van der Waals surface area contributed by atoms with Gasteiger partial charge < -0.3 is 10.2 Å². The van der Waals surface area contributed by atoms with Crippen molar-refractivity contribution in [2.75, 3.05) is 23.3 Å². The van der Waals surface area contributed by atoms with Crippen LogP contribution in [-0.4, -0.2) is 34.1 Å². The van der Waals surface area contributed by atoms with Crippen LogP contribution in [0.1, 0.15) is 12.8 Å². The number of hydrogen-bond acceptors (Lipinski definition) is 6. The van der Waals surface area contributed by atoms with Gasteiger partial charge in [0.25, 0.3) is 0 Å². The third-order valence-electron chi connectivity index (χ3n) is 5.39. The Morgan fingerprint density at radius 3 is 2.44 bits per heavy atom. The highest BCUT2D eigenvalue weighted by Gasteiger charge is 2.26. The maximum absolute atomic E-state index is 13.5. The van der Waals surface area contributed by atoms with Gasteiger partial charge in [-0.1, -0.05) is 23.7 Å². The maximum Gasteiger partial charge on any atom is 0.306 e. The molecule has 0 atom stereocenters. The molecular weight excluding hydrogens is 437 g/mol. The number of nitrogens with zero attached hydrogens (tertiary/aromatic N) is 4. The summed E-state index contributed by atoms with van der Waals surface area (Å²) in [7, 11) is 0. The number of carbonyl (C=O) groups excluding carboxylic acids is 1. The fourth-order valence-electron chi connectivity index (χ4n) is 3.61. The SMILES string of the molecule is O=C(Nc1ccc(F)c([N+](=O)[O-])c1)C1CCN(c2ccc(-c3ccc(Cl)cc3)nn2)CC1. The quantitative estimate of drug-likeness (QED) is 0.442. The van der Waals surface area contributed by atoms with Crippen LogP contribution in [0.5, 0.6) is 0 Å². The van der Waals surface area contributed by atoms with Gasteiger partial charge in [-0.2, -0.15) is 4.39 Å². The highest BCUT2D eigenvalue weighted by Crippen LogP contribution is 2.26. The number of nitro benzene ring substituents is 1. The van der Waals surface area contributed by atoms with Crippen LogP contribution in [-0.2, 0) is 4.79 Å². The first kappa shape index (κ1) is 21.6. The monoisotopic (exact) mass is 455 g/mol. The van der Waals surface area contributed by atoms with Gasteiger partial charge in [0.15, 0.2) is 5.82 Å². The zero-order valence-electron chi connectivity index (χ0n) is 16.9. The van der Waals surface area contributed by atoms with E-state index < -0.39 is 16.4 Å². The summed E-state index contributed by atoms with van der Waals surface area (Å²) in [5.74, 6) is -0.702. The first-order valence-electron chi connectivity index (χ1n) is 10.00. The second-order valence-electron chi connectivity index (χ2n) is 7.46. The molecule has 8 nitrogen and oxygen atoms in total. The molecule has 32 heavy (non-hydrogen) atoms. The first-order chi connectivity index (χ1) is 15.4. The van der Waals surface area contributed by atoms with Crippen molar-refractivity contribution in [3.8, 4) is 11.3 Å². The molecule has 2 heterocycles. The molecule has 1 N–H and O–H groups in total. The molecule has 1 fully saturated rings. The molecule has 0 spiro atoms. The lowest BCUT2D eigenvalue weighted by atomic mass is 9.95. The third-order valence-corrected chi connectivity index (χ3v) is 5.64. The van der Waals surface area contributed by atoms with Crippen LogP contribution in [0.15, 0.2) is 54.6 Å². The molecule has 2 aromatic carbocycles.